The number of nitrogens with zero attached hydrogens (tertiary/aromatic N) is 2. The van der Waals surface area contributed by atoms with Crippen molar-refractivity contribution < 1.29 is 9.59 Å². The van der Waals surface area contributed by atoms with Crippen molar-refractivity contribution in [2.75, 3.05) is 5.32 Å². The molecule has 0 unspecified atom stereocenters. The van der Waals surface area contributed by atoms with Crippen LogP contribution in [-0.2, 0) is 11.3 Å². The molecule has 3 aromatic rings. The summed E-state index contributed by atoms with van der Waals surface area (Å²) in [5, 5.41) is 2.81. The molecule has 0 saturated heterocycles. The summed E-state index contributed by atoms with van der Waals surface area (Å²) in [5.41, 5.74) is 7.57. The van der Waals surface area contributed by atoms with Gasteiger partial charge in [-0.15, -0.1) is 0 Å². The van der Waals surface area contributed by atoms with Crippen LogP contribution in [0.25, 0.3) is 11.4 Å². The fourth-order valence-corrected chi connectivity index (χ4v) is 2.83. The number of carbonyl (C=O) groups excluding carboxylic acids is 2. The van der Waals surface area contributed by atoms with Crippen molar-refractivity contribution in [3.63, 3.8) is 0 Å². The van der Waals surface area contributed by atoms with Crippen LogP contribution < -0.4 is 16.6 Å². The summed E-state index contributed by atoms with van der Waals surface area (Å²) in [6.07, 6.45) is 1.14. The lowest BCUT2D eigenvalue weighted by Gasteiger charge is -2.14. The first-order chi connectivity index (χ1) is 13.4. The van der Waals surface area contributed by atoms with E-state index in [1.54, 1.807) is 24.3 Å². The van der Waals surface area contributed by atoms with E-state index in [-0.39, 0.29) is 17.9 Å². The van der Waals surface area contributed by atoms with Crippen LogP contribution in [0.15, 0.2) is 59.5 Å². The number of hydrogen-bond donors (Lipinski definition) is 2. The highest BCUT2D eigenvalue weighted by Crippen LogP contribution is 2.18. The highest BCUT2D eigenvalue weighted by Gasteiger charge is 2.18. The number of anilines is 1. The van der Waals surface area contributed by atoms with Crippen molar-refractivity contribution in [1.82, 2.24) is 9.55 Å². The number of primary amides is 1. The largest absolute Gasteiger partial charge is 0.365 e. The quantitative estimate of drug-likeness (QED) is 0.712. The molecule has 0 fully saturated rings. The fraction of sp³-hybridized carbons (Fsp3) is 0.143. The number of nitrogens with one attached hydrogen (secondary N) is 1. The van der Waals surface area contributed by atoms with Gasteiger partial charge in [0.15, 0.2) is 0 Å². The smallest absolute Gasteiger partial charge is 0.267 e. The van der Waals surface area contributed by atoms with E-state index in [1.807, 2.05) is 38.1 Å². The lowest BCUT2D eigenvalue weighted by molar-refractivity contribution is -0.116. The Morgan fingerprint density at radius 2 is 1.82 bits per heavy atom. The molecule has 0 aliphatic carbocycles. The van der Waals surface area contributed by atoms with Crippen molar-refractivity contribution in [3.8, 4) is 11.4 Å². The van der Waals surface area contributed by atoms with E-state index in [4.69, 9.17) is 5.73 Å². The third-order valence-electron chi connectivity index (χ3n) is 4.31. The summed E-state index contributed by atoms with van der Waals surface area (Å²) in [6.45, 7) is 3.50. The minimum Gasteiger partial charge on any atom is -0.365 e. The Balaban J connectivity index is 2.00. The first-order valence-corrected chi connectivity index (χ1v) is 8.69. The van der Waals surface area contributed by atoms with Crippen molar-refractivity contribution in [1.29, 1.82) is 0 Å². The maximum absolute atomic E-state index is 12.8. The minimum atomic E-state index is -0.888. The lowest BCUT2D eigenvalue weighted by atomic mass is 10.1. The SMILES string of the molecule is Cc1ccc(C)c(NC(=O)Cn2c(-c3ccccc3)ncc(C(N)=O)c2=O)c1. The first kappa shape index (κ1) is 19.0. The monoisotopic (exact) mass is 376 g/mol. The Morgan fingerprint density at radius 1 is 1.11 bits per heavy atom. The van der Waals surface area contributed by atoms with Gasteiger partial charge in [0.2, 0.25) is 5.91 Å². The third kappa shape index (κ3) is 3.98. The highest BCUT2D eigenvalue weighted by atomic mass is 16.2. The number of amides is 2. The van der Waals surface area contributed by atoms with Crippen molar-refractivity contribution in [3.05, 3.63) is 81.8 Å². The molecular weight excluding hydrogens is 356 g/mol. The molecule has 1 aromatic heterocycles. The number of benzene rings is 2. The molecule has 28 heavy (non-hydrogen) atoms. The third-order valence-corrected chi connectivity index (χ3v) is 4.31. The average molecular weight is 376 g/mol. The molecule has 7 nitrogen and oxygen atoms in total. The second kappa shape index (κ2) is 7.87. The van der Waals surface area contributed by atoms with Gasteiger partial charge in [-0.25, -0.2) is 4.98 Å². The summed E-state index contributed by atoms with van der Waals surface area (Å²) in [5.74, 6) is -1.01. The zero-order valence-corrected chi connectivity index (χ0v) is 15.6. The molecule has 0 atom stereocenters. The van der Waals surface area contributed by atoms with E-state index in [0.717, 1.165) is 21.9 Å². The average Bonchev–Trinajstić information content (AvgIpc) is 2.66. The van der Waals surface area contributed by atoms with E-state index >= 15 is 0 Å². The van der Waals surface area contributed by atoms with Crippen molar-refractivity contribution >= 4 is 17.5 Å². The predicted octanol–water partition coefficient (Wildman–Crippen LogP) is 2.26. The molecule has 3 rings (SSSR count). The van der Waals surface area contributed by atoms with Gasteiger partial charge < -0.3 is 11.1 Å². The van der Waals surface area contributed by atoms with Crippen LogP contribution in [0.5, 0.6) is 0 Å². The fourth-order valence-electron chi connectivity index (χ4n) is 2.83. The molecule has 0 saturated carbocycles. The van der Waals surface area contributed by atoms with Crippen LogP contribution in [0.2, 0.25) is 0 Å². The van der Waals surface area contributed by atoms with Crippen LogP contribution in [-0.4, -0.2) is 21.4 Å². The lowest BCUT2D eigenvalue weighted by Crippen LogP contribution is -2.34. The first-order valence-electron chi connectivity index (χ1n) is 8.69. The van der Waals surface area contributed by atoms with Gasteiger partial charge in [-0.3, -0.25) is 19.0 Å². The predicted molar refractivity (Wildman–Crippen MR) is 107 cm³/mol. The van der Waals surface area contributed by atoms with Crippen LogP contribution >= 0.6 is 0 Å². The molecule has 3 N–H and O–H groups in total. The second-order valence-electron chi connectivity index (χ2n) is 6.48. The molecule has 0 spiro atoms. The number of aryl methyl sites for hydroxylation is 2. The Bertz CT molecular complexity index is 1100. The van der Waals surface area contributed by atoms with Gasteiger partial charge >= 0.3 is 0 Å². The summed E-state index contributed by atoms with van der Waals surface area (Å²) in [7, 11) is 0. The van der Waals surface area contributed by atoms with Crippen LogP contribution in [0.3, 0.4) is 0 Å². The standard InChI is InChI=1S/C21H20N4O3/c1-13-8-9-14(2)17(10-13)24-18(26)12-25-20(15-6-4-3-5-7-15)23-11-16(19(22)27)21(25)28/h3-11H,12H2,1-2H3,(H2,22,27)(H,24,26). The minimum absolute atomic E-state index is 0.265. The molecule has 0 bridgehead atoms. The van der Waals surface area contributed by atoms with Gasteiger partial charge in [-0.1, -0.05) is 42.5 Å². The Hall–Kier alpha value is -3.74. The molecule has 1 heterocycles. The molecular formula is C21H20N4O3. The number of aromatic nitrogens is 2. The maximum atomic E-state index is 12.8. The molecule has 0 radical (unpaired) electrons. The van der Waals surface area contributed by atoms with Gasteiger partial charge in [0.05, 0.1) is 0 Å². The van der Waals surface area contributed by atoms with E-state index in [0.29, 0.717) is 11.3 Å². The number of carbonyl (C=O) groups is 2. The molecule has 7 heteroatoms. The molecule has 2 amide bonds. The Morgan fingerprint density at radius 3 is 2.50 bits per heavy atom. The molecule has 142 valence electrons. The van der Waals surface area contributed by atoms with E-state index in [1.165, 1.54) is 0 Å². The maximum Gasteiger partial charge on any atom is 0.267 e. The van der Waals surface area contributed by atoms with Crippen molar-refractivity contribution in [2.24, 2.45) is 5.73 Å². The van der Waals surface area contributed by atoms with Crippen LogP contribution in [0, 0.1) is 13.8 Å². The Kier molecular flexibility index (Phi) is 5.35. The molecule has 2 aromatic carbocycles. The summed E-state index contributed by atoms with van der Waals surface area (Å²) in [6, 6.07) is 14.7. The van der Waals surface area contributed by atoms with E-state index in [9.17, 15) is 14.4 Å². The summed E-state index contributed by atoms with van der Waals surface area (Å²) in [4.78, 5) is 41.2. The van der Waals surface area contributed by atoms with E-state index in [2.05, 4.69) is 10.3 Å². The summed E-state index contributed by atoms with van der Waals surface area (Å²) >= 11 is 0. The van der Waals surface area contributed by atoms with Crippen LogP contribution in [0.4, 0.5) is 5.69 Å². The normalized spacial score (nSPS) is 10.5. The van der Waals surface area contributed by atoms with Crippen molar-refractivity contribution in [2.45, 2.75) is 20.4 Å². The second-order valence-corrected chi connectivity index (χ2v) is 6.48. The van der Waals surface area contributed by atoms with Gasteiger partial charge in [-0.05, 0) is 31.0 Å². The van der Waals surface area contributed by atoms with Gasteiger partial charge in [0, 0.05) is 17.4 Å². The number of nitrogens with two attached hydrogens (primary N) is 1. The molecule has 0 aliphatic rings. The highest BCUT2D eigenvalue weighted by molar-refractivity contribution is 5.93. The molecule has 0 aliphatic heterocycles. The number of hydrogen-bond acceptors (Lipinski definition) is 4. The van der Waals surface area contributed by atoms with Gasteiger partial charge in [0.1, 0.15) is 17.9 Å². The van der Waals surface area contributed by atoms with E-state index < -0.39 is 17.4 Å². The Labute approximate surface area is 161 Å². The van der Waals surface area contributed by atoms with Gasteiger partial charge in [0.25, 0.3) is 11.5 Å². The topological polar surface area (TPSA) is 107 Å². The van der Waals surface area contributed by atoms with Gasteiger partial charge in [-0.2, -0.15) is 0 Å². The zero-order valence-electron chi connectivity index (χ0n) is 15.6. The summed E-state index contributed by atoms with van der Waals surface area (Å²) < 4.78 is 1.16. The van der Waals surface area contributed by atoms with Crippen LogP contribution in [0.1, 0.15) is 21.5 Å². The zero-order chi connectivity index (χ0) is 20.3. The number of rotatable bonds is 5.